The van der Waals surface area contributed by atoms with Crippen LogP contribution in [0, 0.1) is 0 Å². The molecule has 0 aliphatic heterocycles. The highest BCUT2D eigenvalue weighted by atomic mass is 35.5. The van der Waals surface area contributed by atoms with Gasteiger partial charge in [0.2, 0.25) is 0 Å². The van der Waals surface area contributed by atoms with Gasteiger partial charge in [-0.1, -0.05) is 77.4 Å². The molecule has 0 aliphatic rings. The molecule has 0 unspecified atom stereocenters. The van der Waals surface area contributed by atoms with Gasteiger partial charge in [0.1, 0.15) is 11.3 Å². The summed E-state index contributed by atoms with van der Waals surface area (Å²) in [6, 6.07) is 26.2. The fraction of sp³-hybridized carbons (Fsp3) is 0.0417. The Morgan fingerprint density at radius 2 is 1.57 bits per heavy atom. The molecule has 0 fully saturated rings. The fourth-order valence-corrected chi connectivity index (χ4v) is 3.07. The van der Waals surface area contributed by atoms with Gasteiger partial charge in [0.25, 0.3) is 0 Å². The normalized spacial score (nSPS) is 11.3. The second-order valence-electron chi connectivity index (χ2n) is 6.60. The summed E-state index contributed by atoms with van der Waals surface area (Å²) in [5.41, 5.74) is 3.87. The van der Waals surface area contributed by atoms with E-state index in [1.54, 1.807) is 29.9 Å². The van der Waals surface area contributed by atoms with Crippen LogP contribution in [-0.2, 0) is 4.84 Å². The number of aromatic nitrogens is 2. The highest BCUT2D eigenvalue weighted by Gasteiger charge is 2.20. The second kappa shape index (κ2) is 8.76. The van der Waals surface area contributed by atoms with Gasteiger partial charge in [0, 0.05) is 16.8 Å². The van der Waals surface area contributed by atoms with Crippen molar-refractivity contribution in [3.05, 3.63) is 107 Å². The molecule has 6 heteroatoms. The molecular formula is C24H18ClN3O2. The smallest absolute Gasteiger partial charge is 0.312 e. The Labute approximate surface area is 179 Å². The van der Waals surface area contributed by atoms with Crippen LogP contribution in [0.4, 0.5) is 0 Å². The lowest BCUT2D eigenvalue weighted by Crippen LogP contribution is -2.04. The molecule has 3 aromatic carbocycles. The molecule has 0 aliphatic carbocycles. The third kappa shape index (κ3) is 4.31. The lowest BCUT2D eigenvalue weighted by atomic mass is 10.1. The Balaban J connectivity index is 1.69. The van der Waals surface area contributed by atoms with Crippen molar-refractivity contribution < 1.29 is 9.63 Å². The lowest BCUT2D eigenvalue weighted by Gasteiger charge is -2.02. The van der Waals surface area contributed by atoms with Gasteiger partial charge < -0.3 is 4.84 Å². The Morgan fingerprint density at radius 3 is 2.23 bits per heavy atom. The summed E-state index contributed by atoms with van der Waals surface area (Å²) in [5, 5.41) is 9.23. The minimum absolute atomic E-state index is 0.311. The number of rotatable bonds is 5. The van der Waals surface area contributed by atoms with Gasteiger partial charge in [0.15, 0.2) is 0 Å². The zero-order valence-electron chi connectivity index (χ0n) is 16.2. The molecule has 0 bridgehead atoms. The van der Waals surface area contributed by atoms with Crippen molar-refractivity contribution in [2.24, 2.45) is 5.16 Å². The molecule has 0 atom stereocenters. The van der Waals surface area contributed by atoms with Crippen molar-refractivity contribution in [3.63, 3.8) is 0 Å². The van der Waals surface area contributed by atoms with Crippen LogP contribution < -0.4 is 0 Å². The number of nitrogens with zero attached hydrogens (tertiary/aromatic N) is 3. The first-order valence-electron chi connectivity index (χ1n) is 9.34. The third-order valence-corrected chi connectivity index (χ3v) is 4.78. The third-order valence-electron chi connectivity index (χ3n) is 4.53. The molecule has 0 amide bonds. The van der Waals surface area contributed by atoms with E-state index in [4.69, 9.17) is 16.4 Å². The molecule has 0 saturated heterocycles. The van der Waals surface area contributed by atoms with E-state index in [1.165, 1.54) is 0 Å². The standard InChI is InChI=1S/C24H18ClN3O2/c1-17(18-8-4-2-5-9-18)27-30-24(29)22-16-28(21-10-6-3-7-11-21)26-23(22)19-12-14-20(25)15-13-19/h2-16H,1H3. The molecule has 1 aromatic heterocycles. The minimum Gasteiger partial charge on any atom is -0.312 e. The highest BCUT2D eigenvalue weighted by molar-refractivity contribution is 6.30. The number of carbonyl (C=O) groups excluding carboxylic acids is 1. The number of benzene rings is 3. The van der Waals surface area contributed by atoms with Gasteiger partial charge >= 0.3 is 5.97 Å². The van der Waals surface area contributed by atoms with E-state index < -0.39 is 5.97 Å². The average Bonchev–Trinajstić information content (AvgIpc) is 3.24. The van der Waals surface area contributed by atoms with E-state index in [-0.39, 0.29) is 0 Å². The van der Waals surface area contributed by atoms with Gasteiger partial charge in [0.05, 0.1) is 11.4 Å². The number of hydrogen-bond acceptors (Lipinski definition) is 4. The maximum atomic E-state index is 12.9. The summed E-state index contributed by atoms with van der Waals surface area (Å²) in [4.78, 5) is 18.1. The van der Waals surface area contributed by atoms with E-state index in [9.17, 15) is 4.79 Å². The van der Waals surface area contributed by atoms with Gasteiger partial charge in [-0.05, 0) is 36.8 Å². The molecular weight excluding hydrogens is 398 g/mol. The Hall–Kier alpha value is -3.70. The molecule has 30 heavy (non-hydrogen) atoms. The molecule has 0 radical (unpaired) electrons. The van der Waals surface area contributed by atoms with Crippen molar-refractivity contribution in [1.29, 1.82) is 0 Å². The zero-order valence-corrected chi connectivity index (χ0v) is 17.0. The van der Waals surface area contributed by atoms with Gasteiger partial charge in [-0.2, -0.15) is 5.10 Å². The summed E-state index contributed by atoms with van der Waals surface area (Å²) in [7, 11) is 0. The predicted octanol–water partition coefficient (Wildman–Crippen LogP) is 5.77. The van der Waals surface area contributed by atoms with Crippen molar-refractivity contribution in [1.82, 2.24) is 9.78 Å². The number of para-hydroxylation sites is 1. The molecule has 1 heterocycles. The molecule has 5 nitrogen and oxygen atoms in total. The van der Waals surface area contributed by atoms with Crippen LogP contribution in [0.3, 0.4) is 0 Å². The van der Waals surface area contributed by atoms with Crippen molar-refractivity contribution in [2.45, 2.75) is 6.92 Å². The van der Waals surface area contributed by atoms with E-state index >= 15 is 0 Å². The van der Waals surface area contributed by atoms with Crippen LogP contribution >= 0.6 is 11.6 Å². The predicted molar refractivity (Wildman–Crippen MR) is 118 cm³/mol. The first-order chi connectivity index (χ1) is 14.6. The second-order valence-corrected chi connectivity index (χ2v) is 7.04. The maximum Gasteiger partial charge on any atom is 0.369 e. The molecule has 4 aromatic rings. The van der Waals surface area contributed by atoms with Gasteiger partial charge in [-0.3, -0.25) is 0 Å². The Morgan fingerprint density at radius 1 is 0.933 bits per heavy atom. The molecule has 0 spiro atoms. The van der Waals surface area contributed by atoms with Crippen LogP contribution in [0.2, 0.25) is 5.02 Å². The van der Waals surface area contributed by atoms with Crippen LogP contribution in [0.1, 0.15) is 22.8 Å². The Bertz CT molecular complexity index is 1180. The topological polar surface area (TPSA) is 56.5 Å². The van der Waals surface area contributed by atoms with E-state index in [0.717, 1.165) is 16.8 Å². The Kier molecular flexibility index (Phi) is 5.72. The van der Waals surface area contributed by atoms with Crippen molar-refractivity contribution in [3.8, 4) is 16.9 Å². The van der Waals surface area contributed by atoms with Crippen LogP contribution in [0.15, 0.2) is 96.3 Å². The highest BCUT2D eigenvalue weighted by Crippen LogP contribution is 2.26. The lowest BCUT2D eigenvalue weighted by molar-refractivity contribution is 0.0517. The minimum atomic E-state index is -0.586. The molecule has 0 N–H and O–H groups in total. The summed E-state index contributed by atoms with van der Waals surface area (Å²) in [6.07, 6.45) is 1.65. The monoisotopic (exact) mass is 415 g/mol. The van der Waals surface area contributed by atoms with Crippen molar-refractivity contribution in [2.75, 3.05) is 0 Å². The number of hydrogen-bond donors (Lipinski definition) is 0. The van der Waals surface area contributed by atoms with Gasteiger partial charge in [-0.25, -0.2) is 9.48 Å². The maximum absolute atomic E-state index is 12.9. The van der Waals surface area contributed by atoms with Gasteiger partial charge in [-0.15, -0.1) is 0 Å². The van der Waals surface area contributed by atoms with Crippen LogP contribution in [0.25, 0.3) is 16.9 Å². The number of carbonyl (C=O) groups is 1. The first-order valence-corrected chi connectivity index (χ1v) is 9.72. The molecule has 0 saturated carbocycles. The van der Waals surface area contributed by atoms with E-state index in [0.29, 0.717) is 22.0 Å². The first kappa shape index (κ1) is 19.6. The fourth-order valence-electron chi connectivity index (χ4n) is 2.95. The van der Waals surface area contributed by atoms with E-state index in [2.05, 4.69) is 10.3 Å². The van der Waals surface area contributed by atoms with Crippen LogP contribution in [-0.4, -0.2) is 21.5 Å². The summed E-state index contributed by atoms with van der Waals surface area (Å²) < 4.78 is 1.65. The molecule has 4 rings (SSSR count). The van der Waals surface area contributed by atoms with E-state index in [1.807, 2.05) is 72.8 Å². The largest absolute Gasteiger partial charge is 0.369 e. The SMILES string of the molecule is CC(=NOC(=O)c1cn(-c2ccccc2)nc1-c1ccc(Cl)cc1)c1ccccc1. The number of oxime groups is 1. The summed E-state index contributed by atoms with van der Waals surface area (Å²) in [6.45, 7) is 1.79. The summed E-state index contributed by atoms with van der Waals surface area (Å²) in [5.74, 6) is -0.586. The van der Waals surface area contributed by atoms with Crippen LogP contribution in [0.5, 0.6) is 0 Å². The zero-order chi connectivity index (χ0) is 20.9. The average molecular weight is 416 g/mol. The molecule has 148 valence electrons. The number of halogens is 1. The quantitative estimate of drug-likeness (QED) is 0.236. The summed E-state index contributed by atoms with van der Waals surface area (Å²) >= 11 is 6.01. The van der Waals surface area contributed by atoms with Crippen molar-refractivity contribution >= 4 is 23.3 Å².